The summed E-state index contributed by atoms with van der Waals surface area (Å²) in [7, 11) is 0. The van der Waals surface area contributed by atoms with Crippen molar-refractivity contribution in [3.05, 3.63) is 59.9 Å². The Balaban J connectivity index is 1.42. The van der Waals surface area contributed by atoms with E-state index in [9.17, 15) is 14.0 Å². The lowest BCUT2D eigenvalue weighted by atomic mass is 10.0. The fraction of sp³-hybridized carbons (Fsp3) is 0.391. The highest BCUT2D eigenvalue weighted by Crippen LogP contribution is 2.21. The summed E-state index contributed by atoms with van der Waals surface area (Å²) in [5.74, 6) is -1.08. The number of halogens is 1. The van der Waals surface area contributed by atoms with Crippen molar-refractivity contribution in [3.63, 3.8) is 0 Å². The highest BCUT2D eigenvalue weighted by Gasteiger charge is 2.15. The van der Waals surface area contributed by atoms with Crippen LogP contribution in [0, 0.1) is 11.7 Å². The second-order valence-electron chi connectivity index (χ2n) is 7.59. The fourth-order valence-corrected chi connectivity index (χ4v) is 3.52. The molecule has 1 heterocycles. The summed E-state index contributed by atoms with van der Waals surface area (Å²) < 4.78 is 13.0. The van der Waals surface area contributed by atoms with Crippen LogP contribution >= 0.6 is 0 Å². The largest absolute Gasteiger partial charge is 0.372 e. The molecule has 0 bridgehead atoms. The predicted molar refractivity (Wildman–Crippen MR) is 113 cm³/mol. The van der Waals surface area contributed by atoms with Gasteiger partial charge in [-0.05, 0) is 67.6 Å². The zero-order valence-corrected chi connectivity index (χ0v) is 16.8. The van der Waals surface area contributed by atoms with E-state index in [4.69, 9.17) is 0 Å². The second-order valence-corrected chi connectivity index (χ2v) is 7.59. The normalized spacial score (nSPS) is 14.9. The van der Waals surface area contributed by atoms with E-state index in [1.807, 2.05) is 24.3 Å². The Kier molecular flexibility index (Phi) is 7.22. The molecule has 154 valence electrons. The highest BCUT2D eigenvalue weighted by molar-refractivity contribution is 5.94. The quantitative estimate of drug-likeness (QED) is 0.748. The van der Waals surface area contributed by atoms with Crippen molar-refractivity contribution in [2.75, 3.05) is 29.9 Å². The summed E-state index contributed by atoms with van der Waals surface area (Å²) >= 11 is 0. The average molecular weight is 397 g/mol. The first-order chi connectivity index (χ1) is 14.0. The molecule has 1 saturated heterocycles. The number of rotatable bonds is 7. The van der Waals surface area contributed by atoms with Gasteiger partial charge in [-0.25, -0.2) is 4.39 Å². The first kappa shape index (κ1) is 20.8. The van der Waals surface area contributed by atoms with Crippen LogP contribution in [0.1, 0.15) is 31.7 Å². The van der Waals surface area contributed by atoms with Crippen LogP contribution in [-0.4, -0.2) is 31.4 Å². The van der Waals surface area contributed by atoms with Gasteiger partial charge in [0.2, 0.25) is 11.8 Å². The van der Waals surface area contributed by atoms with Crippen molar-refractivity contribution in [2.24, 2.45) is 5.92 Å². The van der Waals surface area contributed by atoms with Gasteiger partial charge in [0.15, 0.2) is 0 Å². The average Bonchev–Trinajstić information content (AvgIpc) is 2.75. The molecule has 1 aliphatic heterocycles. The van der Waals surface area contributed by atoms with E-state index in [1.165, 1.54) is 37.1 Å². The molecule has 5 nitrogen and oxygen atoms in total. The number of hydrogen-bond acceptors (Lipinski definition) is 3. The molecule has 0 saturated carbocycles. The molecule has 2 N–H and O–H groups in total. The summed E-state index contributed by atoms with van der Waals surface area (Å²) in [6.45, 7) is 3.86. The SMILES string of the molecule is CC(Cc1ccc(F)cc1)C(=O)NCC(=O)Nc1ccc(N2CCCCC2)cc1. The van der Waals surface area contributed by atoms with Crippen LogP contribution in [0.3, 0.4) is 0 Å². The summed E-state index contributed by atoms with van der Waals surface area (Å²) in [6.07, 6.45) is 4.22. The molecule has 1 unspecified atom stereocenters. The minimum atomic E-state index is -0.308. The maximum atomic E-state index is 13.0. The van der Waals surface area contributed by atoms with Crippen molar-refractivity contribution >= 4 is 23.2 Å². The molecular formula is C23H28FN3O2. The first-order valence-corrected chi connectivity index (χ1v) is 10.2. The van der Waals surface area contributed by atoms with E-state index in [1.54, 1.807) is 19.1 Å². The van der Waals surface area contributed by atoms with E-state index in [2.05, 4.69) is 15.5 Å². The lowest BCUT2D eigenvalue weighted by molar-refractivity contribution is -0.126. The maximum Gasteiger partial charge on any atom is 0.243 e. The van der Waals surface area contributed by atoms with Crippen molar-refractivity contribution in [1.82, 2.24) is 5.32 Å². The van der Waals surface area contributed by atoms with Crippen LogP contribution in [0.2, 0.25) is 0 Å². The number of amides is 2. The smallest absolute Gasteiger partial charge is 0.243 e. The molecule has 1 aliphatic rings. The molecule has 0 aliphatic carbocycles. The van der Waals surface area contributed by atoms with Gasteiger partial charge < -0.3 is 15.5 Å². The number of piperidine rings is 1. The lowest BCUT2D eigenvalue weighted by Gasteiger charge is -2.28. The molecule has 2 amide bonds. The fourth-order valence-electron chi connectivity index (χ4n) is 3.52. The van der Waals surface area contributed by atoms with Gasteiger partial charge in [0.25, 0.3) is 0 Å². The molecule has 1 fully saturated rings. The van der Waals surface area contributed by atoms with Crippen LogP contribution in [0.4, 0.5) is 15.8 Å². The molecule has 0 spiro atoms. The van der Waals surface area contributed by atoms with Crippen molar-refractivity contribution in [3.8, 4) is 0 Å². The van der Waals surface area contributed by atoms with E-state index in [0.717, 1.165) is 18.7 Å². The van der Waals surface area contributed by atoms with Crippen LogP contribution in [0.15, 0.2) is 48.5 Å². The number of nitrogens with zero attached hydrogens (tertiary/aromatic N) is 1. The van der Waals surface area contributed by atoms with Gasteiger partial charge in [-0.1, -0.05) is 19.1 Å². The third kappa shape index (κ3) is 6.31. The van der Waals surface area contributed by atoms with Crippen molar-refractivity contribution in [1.29, 1.82) is 0 Å². The van der Waals surface area contributed by atoms with E-state index in [-0.39, 0.29) is 30.1 Å². The summed E-state index contributed by atoms with van der Waals surface area (Å²) in [4.78, 5) is 26.7. The van der Waals surface area contributed by atoms with Gasteiger partial charge in [0, 0.05) is 30.4 Å². The van der Waals surface area contributed by atoms with Gasteiger partial charge in [0.1, 0.15) is 5.82 Å². The number of carbonyl (C=O) groups excluding carboxylic acids is 2. The third-order valence-corrected chi connectivity index (χ3v) is 5.20. The van der Waals surface area contributed by atoms with Crippen LogP contribution in [-0.2, 0) is 16.0 Å². The maximum absolute atomic E-state index is 13.0. The van der Waals surface area contributed by atoms with Crippen LogP contribution in [0.25, 0.3) is 0 Å². The van der Waals surface area contributed by atoms with Crippen LogP contribution in [0.5, 0.6) is 0 Å². The number of hydrogen-bond donors (Lipinski definition) is 2. The standard InChI is InChI=1S/C23H28FN3O2/c1-17(15-18-5-7-19(24)8-6-18)23(29)25-16-22(28)26-20-9-11-21(12-10-20)27-13-3-2-4-14-27/h5-12,17H,2-4,13-16H2,1H3,(H,25,29)(H,26,28). The van der Waals surface area contributed by atoms with Crippen LogP contribution < -0.4 is 15.5 Å². The lowest BCUT2D eigenvalue weighted by Crippen LogP contribution is -2.36. The van der Waals surface area contributed by atoms with Gasteiger partial charge in [-0.15, -0.1) is 0 Å². The molecule has 0 radical (unpaired) electrons. The summed E-state index contributed by atoms with van der Waals surface area (Å²) in [5.41, 5.74) is 2.77. The zero-order chi connectivity index (χ0) is 20.6. The number of benzene rings is 2. The molecular weight excluding hydrogens is 369 g/mol. The zero-order valence-electron chi connectivity index (χ0n) is 16.8. The van der Waals surface area contributed by atoms with Gasteiger partial charge in [-0.3, -0.25) is 9.59 Å². The first-order valence-electron chi connectivity index (χ1n) is 10.2. The Morgan fingerprint density at radius 1 is 1.00 bits per heavy atom. The van der Waals surface area contributed by atoms with Crippen molar-refractivity contribution < 1.29 is 14.0 Å². The Morgan fingerprint density at radius 2 is 1.66 bits per heavy atom. The number of nitrogens with one attached hydrogen (secondary N) is 2. The summed E-state index contributed by atoms with van der Waals surface area (Å²) in [6, 6.07) is 13.9. The Bertz CT molecular complexity index is 815. The summed E-state index contributed by atoms with van der Waals surface area (Å²) in [5, 5.41) is 5.47. The monoisotopic (exact) mass is 397 g/mol. The van der Waals surface area contributed by atoms with Crippen molar-refractivity contribution in [2.45, 2.75) is 32.6 Å². The Hall–Kier alpha value is -2.89. The van der Waals surface area contributed by atoms with Gasteiger partial charge in [-0.2, -0.15) is 0 Å². The molecule has 6 heteroatoms. The Morgan fingerprint density at radius 3 is 2.31 bits per heavy atom. The van der Waals surface area contributed by atoms with Gasteiger partial charge >= 0.3 is 0 Å². The van der Waals surface area contributed by atoms with Gasteiger partial charge in [0.05, 0.1) is 6.54 Å². The number of anilines is 2. The number of carbonyl (C=O) groups is 2. The molecule has 3 rings (SSSR count). The van der Waals surface area contributed by atoms with E-state index >= 15 is 0 Å². The van der Waals surface area contributed by atoms with E-state index in [0.29, 0.717) is 12.1 Å². The molecule has 29 heavy (non-hydrogen) atoms. The predicted octanol–water partition coefficient (Wildman–Crippen LogP) is 3.75. The molecule has 0 aromatic heterocycles. The molecule has 1 atom stereocenters. The molecule has 2 aromatic carbocycles. The third-order valence-electron chi connectivity index (χ3n) is 5.20. The topological polar surface area (TPSA) is 61.4 Å². The Labute approximate surface area is 171 Å². The molecule has 2 aromatic rings. The van der Waals surface area contributed by atoms with E-state index < -0.39 is 0 Å². The minimum Gasteiger partial charge on any atom is -0.372 e. The second kappa shape index (κ2) is 10.0. The minimum absolute atomic E-state index is 0.0829. The highest BCUT2D eigenvalue weighted by atomic mass is 19.1.